The molecule has 7 nitrogen and oxygen atoms in total. The van der Waals surface area contributed by atoms with E-state index in [9.17, 15) is 14.4 Å². The predicted molar refractivity (Wildman–Crippen MR) is 113 cm³/mol. The van der Waals surface area contributed by atoms with E-state index in [0.29, 0.717) is 16.3 Å². The van der Waals surface area contributed by atoms with Crippen molar-refractivity contribution < 1.29 is 14.4 Å². The minimum absolute atomic E-state index is 0.0618. The molecule has 0 bridgehead atoms. The second-order valence-electron chi connectivity index (χ2n) is 7.07. The van der Waals surface area contributed by atoms with Crippen LogP contribution in [0.15, 0.2) is 60.2 Å². The summed E-state index contributed by atoms with van der Waals surface area (Å²) in [5.41, 5.74) is 3.43. The lowest BCUT2D eigenvalue weighted by molar-refractivity contribution is -0.139. The summed E-state index contributed by atoms with van der Waals surface area (Å²) in [6, 6.07) is 13.7. The lowest BCUT2D eigenvalue weighted by Crippen LogP contribution is -2.49. The van der Waals surface area contributed by atoms with E-state index in [1.165, 1.54) is 11.3 Å². The number of Topliss-reactive ketones (excluding diaryl/α,β-unsaturated/α-hetero) is 1. The van der Waals surface area contributed by atoms with Gasteiger partial charge >= 0.3 is 0 Å². The molecule has 1 aromatic carbocycles. The number of benzene rings is 1. The first-order chi connectivity index (χ1) is 14.6. The van der Waals surface area contributed by atoms with Crippen LogP contribution in [-0.2, 0) is 16.0 Å². The molecule has 2 aromatic heterocycles. The van der Waals surface area contributed by atoms with Crippen LogP contribution in [0.1, 0.15) is 28.1 Å². The zero-order valence-electron chi connectivity index (χ0n) is 16.1. The van der Waals surface area contributed by atoms with Crippen molar-refractivity contribution in [3.63, 3.8) is 0 Å². The lowest BCUT2D eigenvalue weighted by Gasteiger charge is -2.17. The SMILES string of the molecule is O=C(NC1CC1)C(=O)C(Cc1ccccc1)NC(=O)c1scnc1-c1ccccn1. The van der Waals surface area contributed by atoms with E-state index in [1.54, 1.807) is 23.8 Å². The molecule has 2 heterocycles. The molecule has 152 valence electrons. The zero-order chi connectivity index (χ0) is 20.9. The minimum atomic E-state index is -0.975. The summed E-state index contributed by atoms with van der Waals surface area (Å²) in [5, 5.41) is 5.45. The molecule has 0 spiro atoms. The summed E-state index contributed by atoms with van der Waals surface area (Å²) >= 11 is 1.17. The molecule has 1 saturated carbocycles. The standard InChI is InChI=1S/C22H20N4O3S/c27-19(21(28)25-15-9-10-15)17(12-14-6-2-1-3-7-14)26-22(29)20-18(24-13-30-20)16-8-4-5-11-23-16/h1-8,11,13,15,17H,9-10,12H2,(H,25,28)(H,26,29). The lowest BCUT2D eigenvalue weighted by atomic mass is 10.0. The number of carbonyl (C=O) groups is 3. The van der Waals surface area contributed by atoms with Crippen molar-refractivity contribution in [3.05, 3.63) is 70.7 Å². The number of pyridine rings is 1. The average molecular weight is 420 g/mol. The molecule has 1 fully saturated rings. The van der Waals surface area contributed by atoms with Gasteiger partial charge in [0.05, 0.1) is 11.2 Å². The molecule has 0 saturated heterocycles. The topological polar surface area (TPSA) is 101 Å². The Morgan fingerprint density at radius 2 is 1.80 bits per heavy atom. The number of aromatic nitrogens is 2. The largest absolute Gasteiger partial charge is 0.347 e. The van der Waals surface area contributed by atoms with Crippen LogP contribution in [-0.4, -0.2) is 39.6 Å². The first kappa shape index (κ1) is 19.9. The smallest absolute Gasteiger partial charge is 0.289 e. The van der Waals surface area contributed by atoms with Gasteiger partial charge in [0.1, 0.15) is 16.6 Å². The summed E-state index contributed by atoms with van der Waals surface area (Å²) in [7, 11) is 0. The van der Waals surface area contributed by atoms with Gasteiger partial charge in [0.15, 0.2) is 0 Å². The van der Waals surface area contributed by atoms with Crippen molar-refractivity contribution >= 4 is 28.9 Å². The Labute approximate surface area is 177 Å². The van der Waals surface area contributed by atoms with Gasteiger partial charge in [-0.15, -0.1) is 11.3 Å². The van der Waals surface area contributed by atoms with E-state index in [-0.39, 0.29) is 12.5 Å². The van der Waals surface area contributed by atoms with Crippen molar-refractivity contribution in [1.29, 1.82) is 0 Å². The highest BCUT2D eigenvalue weighted by atomic mass is 32.1. The molecule has 0 aliphatic heterocycles. The van der Waals surface area contributed by atoms with Crippen LogP contribution in [0.2, 0.25) is 0 Å². The van der Waals surface area contributed by atoms with Gasteiger partial charge in [-0.05, 0) is 30.5 Å². The summed E-state index contributed by atoms with van der Waals surface area (Å²) in [6.07, 6.45) is 3.60. The summed E-state index contributed by atoms with van der Waals surface area (Å²) in [6.45, 7) is 0. The Morgan fingerprint density at radius 3 is 2.50 bits per heavy atom. The molecule has 3 aromatic rings. The Morgan fingerprint density at radius 1 is 1.03 bits per heavy atom. The van der Waals surface area contributed by atoms with Crippen molar-refractivity contribution in [3.8, 4) is 11.4 Å². The highest BCUT2D eigenvalue weighted by Gasteiger charge is 2.32. The van der Waals surface area contributed by atoms with E-state index in [4.69, 9.17) is 0 Å². The third kappa shape index (κ3) is 4.77. The number of ketones is 1. The fraction of sp³-hybridized carbons (Fsp3) is 0.227. The highest BCUT2D eigenvalue weighted by molar-refractivity contribution is 7.12. The first-order valence-electron chi connectivity index (χ1n) is 9.66. The maximum Gasteiger partial charge on any atom is 0.289 e. The molecule has 30 heavy (non-hydrogen) atoms. The van der Waals surface area contributed by atoms with Gasteiger partial charge in [-0.1, -0.05) is 36.4 Å². The third-order valence-corrected chi connectivity index (χ3v) is 5.55. The molecule has 2 amide bonds. The van der Waals surface area contributed by atoms with E-state index >= 15 is 0 Å². The Hall–Kier alpha value is -3.39. The van der Waals surface area contributed by atoms with E-state index in [2.05, 4.69) is 20.6 Å². The monoisotopic (exact) mass is 420 g/mol. The second-order valence-corrected chi connectivity index (χ2v) is 7.93. The number of hydrogen-bond donors (Lipinski definition) is 2. The van der Waals surface area contributed by atoms with Gasteiger partial charge in [-0.25, -0.2) is 4.98 Å². The van der Waals surface area contributed by atoms with Gasteiger partial charge < -0.3 is 10.6 Å². The summed E-state index contributed by atoms with van der Waals surface area (Å²) < 4.78 is 0. The number of hydrogen-bond acceptors (Lipinski definition) is 6. The van der Waals surface area contributed by atoms with Crippen molar-refractivity contribution in [2.75, 3.05) is 0 Å². The molecule has 1 aliphatic rings. The van der Waals surface area contributed by atoms with Crippen LogP contribution in [0, 0.1) is 0 Å². The van der Waals surface area contributed by atoms with Gasteiger partial charge in [0.25, 0.3) is 11.8 Å². The second kappa shape index (κ2) is 8.96. The fourth-order valence-corrected chi connectivity index (χ4v) is 3.72. The molecule has 4 rings (SSSR count). The minimum Gasteiger partial charge on any atom is -0.347 e. The molecular formula is C22H20N4O3S. The number of thiazole rings is 1. The van der Waals surface area contributed by atoms with E-state index < -0.39 is 23.6 Å². The zero-order valence-corrected chi connectivity index (χ0v) is 16.9. The first-order valence-corrected chi connectivity index (χ1v) is 10.5. The van der Waals surface area contributed by atoms with Gasteiger partial charge in [-0.3, -0.25) is 19.4 Å². The fourth-order valence-electron chi connectivity index (χ4n) is 3.02. The summed E-state index contributed by atoms with van der Waals surface area (Å²) in [5.74, 6) is -1.76. The highest BCUT2D eigenvalue weighted by Crippen LogP contribution is 2.24. The van der Waals surface area contributed by atoms with Crippen LogP contribution in [0.25, 0.3) is 11.4 Å². The Kier molecular flexibility index (Phi) is 5.94. The van der Waals surface area contributed by atoms with Crippen LogP contribution in [0.5, 0.6) is 0 Å². The molecule has 1 aliphatic carbocycles. The number of rotatable bonds is 8. The van der Waals surface area contributed by atoms with Gasteiger partial charge in [0.2, 0.25) is 5.78 Å². The number of carbonyl (C=O) groups excluding carboxylic acids is 3. The van der Waals surface area contributed by atoms with E-state index in [0.717, 1.165) is 18.4 Å². The number of amides is 2. The molecular weight excluding hydrogens is 400 g/mol. The normalized spacial score (nSPS) is 14.0. The Bertz CT molecular complexity index is 1050. The molecule has 0 radical (unpaired) electrons. The molecule has 2 N–H and O–H groups in total. The van der Waals surface area contributed by atoms with Gasteiger partial charge in [0, 0.05) is 18.7 Å². The molecule has 1 unspecified atom stereocenters. The van der Waals surface area contributed by atoms with Crippen LogP contribution in [0.4, 0.5) is 0 Å². The van der Waals surface area contributed by atoms with Crippen molar-refractivity contribution in [1.82, 2.24) is 20.6 Å². The Balaban J connectivity index is 1.55. The van der Waals surface area contributed by atoms with E-state index in [1.807, 2.05) is 36.4 Å². The third-order valence-electron chi connectivity index (χ3n) is 4.72. The van der Waals surface area contributed by atoms with Crippen LogP contribution >= 0.6 is 11.3 Å². The van der Waals surface area contributed by atoms with Gasteiger partial charge in [-0.2, -0.15) is 0 Å². The van der Waals surface area contributed by atoms with Crippen molar-refractivity contribution in [2.45, 2.75) is 31.3 Å². The predicted octanol–water partition coefficient (Wildman–Crippen LogP) is 2.39. The maximum atomic E-state index is 13.0. The van der Waals surface area contributed by atoms with Crippen LogP contribution in [0.3, 0.4) is 0 Å². The quantitative estimate of drug-likeness (QED) is 0.545. The number of nitrogens with one attached hydrogen (secondary N) is 2. The number of nitrogens with zero attached hydrogens (tertiary/aromatic N) is 2. The summed E-state index contributed by atoms with van der Waals surface area (Å²) in [4.78, 5) is 47.0. The van der Waals surface area contributed by atoms with Crippen molar-refractivity contribution in [2.24, 2.45) is 0 Å². The molecule has 1 atom stereocenters. The average Bonchev–Trinajstić information content (AvgIpc) is 3.45. The maximum absolute atomic E-state index is 13.0. The molecule has 8 heteroatoms. The van der Waals surface area contributed by atoms with Crippen LogP contribution < -0.4 is 10.6 Å².